The molecule has 0 spiro atoms. The molecule has 62 valence electrons. The summed E-state index contributed by atoms with van der Waals surface area (Å²) in [6.45, 7) is 2.13. The molecule has 11 heavy (non-hydrogen) atoms. The second-order valence-electron chi connectivity index (χ2n) is 2.29. The molecular formula is C9H14FN. The molecule has 2 N–H and O–H groups in total. The Morgan fingerprint density at radius 1 is 1.45 bits per heavy atom. The van der Waals surface area contributed by atoms with Crippen LogP contribution in [0.1, 0.15) is 18.6 Å². The van der Waals surface area contributed by atoms with Gasteiger partial charge in [-0.25, -0.2) is 4.39 Å². The van der Waals surface area contributed by atoms with Crippen LogP contribution in [0, 0.1) is 12.7 Å². The van der Waals surface area contributed by atoms with Gasteiger partial charge in [-0.2, -0.15) is 0 Å². The van der Waals surface area contributed by atoms with E-state index in [1.807, 2.05) is 6.07 Å². The molecule has 0 atom stereocenters. The molecule has 0 aromatic heterocycles. The average Bonchev–Trinajstić information content (AvgIpc) is 1.95. The minimum absolute atomic E-state index is 0. The van der Waals surface area contributed by atoms with Crippen molar-refractivity contribution in [2.24, 2.45) is 5.73 Å². The van der Waals surface area contributed by atoms with Crippen molar-refractivity contribution in [2.45, 2.75) is 20.9 Å². The van der Waals surface area contributed by atoms with E-state index in [2.05, 4.69) is 0 Å². The van der Waals surface area contributed by atoms with E-state index in [0.717, 1.165) is 5.56 Å². The van der Waals surface area contributed by atoms with Crippen LogP contribution in [0.2, 0.25) is 0 Å². The molecule has 0 aliphatic rings. The summed E-state index contributed by atoms with van der Waals surface area (Å²) in [6, 6.07) is 5.03. The lowest BCUT2D eigenvalue weighted by molar-refractivity contribution is 0.616. The summed E-state index contributed by atoms with van der Waals surface area (Å²) in [5, 5.41) is 0. The molecule has 2 heteroatoms. The number of hydrogen-bond acceptors (Lipinski definition) is 1. The van der Waals surface area contributed by atoms with Gasteiger partial charge >= 0.3 is 0 Å². The van der Waals surface area contributed by atoms with E-state index in [1.165, 1.54) is 6.07 Å². The van der Waals surface area contributed by atoms with Crippen LogP contribution in [-0.4, -0.2) is 0 Å². The quantitative estimate of drug-likeness (QED) is 0.661. The van der Waals surface area contributed by atoms with Gasteiger partial charge in [-0.05, 0) is 24.1 Å². The first kappa shape index (κ1) is 10.1. The van der Waals surface area contributed by atoms with Crippen molar-refractivity contribution < 1.29 is 4.39 Å². The Bertz CT molecular complexity index is 233. The highest BCUT2D eigenvalue weighted by Crippen LogP contribution is 2.07. The number of benzene rings is 1. The predicted molar refractivity (Wildman–Crippen MR) is 45.8 cm³/mol. The van der Waals surface area contributed by atoms with Gasteiger partial charge in [0, 0.05) is 6.54 Å². The fourth-order valence-corrected chi connectivity index (χ4v) is 0.763. The summed E-state index contributed by atoms with van der Waals surface area (Å²) in [4.78, 5) is 0. The van der Waals surface area contributed by atoms with Crippen molar-refractivity contribution in [3.63, 3.8) is 0 Å². The topological polar surface area (TPSA) is 26.0 Å². The van der Waals surface area contributed by atoms with E-state index in [9.17, 15) is 4.39 Å². The molecular weight excluding hydrogens is 141 g/mol. The highest BCUT2D eigenvalue weighted by atomic mass is 19.1. The van der Waals surface area contributed by atoms with Gasteiger partial charge in [0.25, 0.3) is 0 Å². The number of hydrogen-bond donors (Lipinski definition) is 1. The number of halogens is 1. The van der Waals surface area contributed by atoms with E-state index >= 15 is 0 Å². The lowest BCUT2D eigenvalue weighted by atomic mass is 10.1. The molecule has 1 rings (SSSR count). The molecule has 1 aromatic carbocycles. The Morgan fingerprint density at radius 3 is 2.55 bits per heavy atom. The first-order chi connectivity index (χ1) is 4.74. The van der Waals surface area contributed by atoms with Crippen molar-refractivity contribution in [3.8, 4) is 0 Å². The highest BCUT2D eigenvalue weighted by Gasteiger charge is 1.95. The summed E-state index contributed by atoms with van der Waals surface area (Å²) < 4.78 is 12.7. The standard InChI is InChI=1S/C8H10FN.CH4/c1-6-2-3-7(5-10)4-8(6)9;/h2-4H,5,10H2,1H3;1H4. The molecule has 0 amide bonds. The number of nitrogens with two attached hydrogens (primary N) is 1. The number of aryl methyl sites for hydroxylation is 1. The zero-order valence-corrected chi connectivity index (χ0v) is 5.89. The van der Waals surface area contributed by atoms with Crippen molar-refractivity contribution in [3.05, 3.63) is 35.1 Å². The Balaban J connectivity index is 0.000001000. The van der Waals surface area contributed by atoms with Gasteiger partial charge in [0.15, 0.2) is 0 Å². The Labute approximate surface area is 67.0 Å². The van der Waals surface area contributed by atoms with Crippen LogP contribution >= 0.6 is 0 Å². The normalized spacial score (nSPS) is 9.00. The van der Waals surface area contributed by atoms with Crippen LogP contribution in [0.3, 0.4) is 0 Å². The minimum Gasteiger partial charge on any atom is -0.326 e. The van der Waals surface area contributed by atoms with E-state index in [4.69, 9.17) is 5.73 Å². The summed E-state index contributed by atoms with van der Waals surface area (Å²) in [6.07, 6.45) is 0. The van der Waals surface area contributed by atoms with Crippen molar-refractivity contribution >= 4 is 0 Å². The summed E-state index contributed by atoms with van der Waals surface area (Å²) in [5.74, 6) is -0.178. The molecule has 1 aromatic rings. The van der Waals surface area contributed by atoms with E-state index in [0.29, 0.717) is 12.1 Å². The van der Waals surface area contributed by atoms with Crippen molar-refractivity contribution in [1.82, 2.24) is 0 Å². The second-order valence-corrected chi connectivity index (χ2v) is 2.29. The van der Waals surface area contributed by atoms with Crippen LogP contribution in [0.15, 0.2) is 18.2 Å². The second kappa shape index (κ2) is 4.09. The minimum atomic E-state index is -0.178. The average molecular weight is 155 g/mol. The van der Waals surface area contributed by atoms with Gasteiger partial charge in [0.2, 0.25) is 0 Å². The molecule has 1 nitrogen and oxygen atoms in total. The lowest BCUT2D eigenvalue weighted by Gasteiger charge is -1.98. The predicted octanol–water partition coefficient (Wildman–Crippen LogP) is 2.23. The first-order valence-electron chi connectivity index (χ1n) is 3.19. The van der Waals surface area contributed by atoms with Crippen LogP contribution in [0.25, 0.3) is 0 Å². The fraction of sp³-hybridized carbons (Fsp3) is 0.333. The molecule has 0 saturated carbocycles. The Morgan fingerprint density at radius 2 is 2.09 bits per heavy atom. The van der Waals surface area contributed by atoms with Gasteiger partial charge in [0.1, 0.15) is 5.82 Å². The molecule has 0 heterocycles. The van der Waals surface area contributed by atoms with Gasteiger partial charge < -0.3 is 5.73 Å². The maximum absolute atomic E-state index is 12.7. The molecule has 0 bridgehead atoms. The SMILES string of the molecule is C.Cc1ccc(CN)cc1F. The highest BCUT2D eigenvalue weighted by molar-refractivity contribution is 5.22. The summed E-state index contributed by atoms with van der Waals surface area (Å²) in [7, 11) is 0. The maximum Gasteiger partial charge on any atom is 0.126 e. The van der Waals surface area contributed by atoms with Crippen LogP contribution < -0.4 is 5.73 Å². The third-order valence-electron chi connectivity index (χ3n) is 1.47. The summed E-state index contributed by atoms with van der Waals surface area (Å²) in [5.41, 5.74) is 6.80. The van der Waals surface area contributed by atoms with Crippen LogP contribution in [-0.2, 0) is 6.54 Å². The molecule has 0 aliphatic carbocycles. The molecule has 0 radical (unpaired) electrons. The largest absolute Gasteiger partial charge is 0.326 e. The third kappa shape index (κ3) is 2.31. The molecule has 0 fully saturated rings. The zero-order valence-electron chi connectivity index (χ0n) is 5.89. The zero-order chi connectivity index (χ0) is 7.56. The lowest BCUT2D eigenvalue weighted by Crippen LogP contribution is -1.96. The fourth-order valence-electron chi connectivity index (χ4n) is 0.763. The summed E-state index contributed by atoms with van der Waals surface area (Å²) >= 11 is 0. The monoisotopic (exact) mass is 155 g/mol. The Hall–Kier alpha value is -0.890. The molecule has 0 unspecified atom stereocenters. The maximum atomic E-state index is 12.7. The molecule has 0 aliphatic heterocycles. The van der Waals surface area contributed by atoms with Crippen molar-refractivity contribution in [1.29, 1.82) is 0 Å². The first-order valence-corrected chi connectivity index (χ1v) is 3.19. The van der Waals surface area contributed by atoms with E-state index in [1.54, 1.807) is 13.0 Å². The van der Waals surface area contributed by atoms with Crippen LogP contribution in [0.5, 0.6) is 0 Å². The van der Waals surface area contributed by atoms with Gasteiger partial charge in [0.05, 0.1) is 0 Å². The molecule has 0 saturated heterocycles. The smallest absolute Gasteiger partial charge is 0.126 e. The van der Waals surface area contributed by atoms with E-state index in [-0.39, 0.29) is 13.2 Å². The van der Waals surface area contributed by atoms with Crippen molar-refractivity contribution in [2.75, 3.05) is 0 Å². The Kier molecular flexibility index (Phi) is 3.76. The van der Waals surface area contributed by atoms with Gasteiger partial charge in [-0.1, -0.05) is 19.6 Å². The van der Waals surface area contributed by atoms with Crippen LogP contribution in [0.4, 0.5) is 4.39 Å². The van der Waals surface area contributed by atoms with Gasteiger partial charge in [-0.3, -0.25) is 0 Å². The van der Waals surface area contributed by atoms with E-state index < -0.39 is 0 Å². The van der Waals surface area contributed by atoms with Gasteiger partial charge in [-0.15, -0.1) is 0 Å². The number of rotatable bonds is 1. The third-order valence-corrected chi connectivity index (χ3v) is 1.47.